The summed E-state index contributed by atoms with van der Waals surface area (Å²) in [5.74, 6) is 2.49. The van der Waals surface area contributed by atoms with Gasteiger partial charge in [-0.05, 0) is 24.1 Å². The highest BCUT2D eigenvalue weighted by molar-refractivity contribution is 5.48. The molecule has 1 aromatic heterocycles. The number of aromatic nitrogens is 1. The first-order chi connectivity index (χ1) is 10.3. The van der Waals surface area contributed by atoms with Gasteiger partial charge in [0, 0.05) is 13.0 Å². The Bertz CT molecular complexity index is 688. The second-order valence-corrected chi connectivity index (χ2v) is 4.69. The normalized spacial score (nSPS) is 12.2. The van der Waals surface area contributed by atoms with E-state index in [2.05, 4.69) is 10.3 Å². The van der Waals surface area contributed by atoms with Gasteiger partial charge in [-0.1, -0.05) is 13.0 Å². The van der Waals surface area contributed by atoms with E-state index in [-0.39, 0.29) is 6.79 Å². The number of fused-ring (bicyclic) bond motifs is 1. The fourth-order valence-electron chi connectivity index (χ4n) is 2.11. The Morgan fingerprint density at radius 1 is 1.33 bits per heavy atom. The molecule has 2 aromatic rings. The van der Waals surface area contributed by atoms with Crippen LogP contribution in [-0.4, -0.2) is 11.8 Å². The average Bonchev–Trinajstić information content (AvgIpc) is 3.11. The van der Waals surface area contributed by atoms with Crippen LogP contribution in [-0.2, 0) is 13.0 Å². The first-order valence-electron chi connectivity index (χ1n) is 6.82. The summed E-state index contributed by atoms with van der Waals surface area (Å²) < 4.78 is 16.2. The van der Waals surface area contributed by atoms with Gasteiger partial charge in [-0.15, -0.1) is 0 Å². The molecule has 6 nitrogen and oxygen atoms in total. The highest BCUT2D eigenvalue weighted by Gasteiger charge is 2.15. The predicted molar refractivity (Wildman–Crippen MR) is 75.1 cm³/mol. The van der Waals surface area contributed by atoms with E-state index in [1.165, 1.54) is 0 Å². The minimum absolute atomic E-state index is 0.257. The Labute approximate surface area is 122 Å². The molecule has 1 aromatic carbocycles. The van der Waals surface area contributed by atoms with Gasteiger partial charge in [-0.2, -0.15) is 5.26 Å². The van der Waals surface area contributed by atoms with Crippen molar-refractivity contribution in [3.63, 3.8) is 0 Å². The zero-order valence-corrected chi connectivity index (χ0v) is 11.7. The Kier molecular flexibility index (Phi) is 3.65. The Morgan fingerprint density at radius 3 is 3.00 bits per heavy atom. The number of nitriles is 1. The van der Waals surface area contributed by atoms with E-state index >= 15 is 0 Å². The molecule has 1 aliphatic heterocycles. The maximum Gasteiger partial charge on any atom is 0.232 e. The highest BCUT2D eigenvalue weighted by atomic mass is 16.7. The molecule has 0 aliphatic carbocycles. The Morgan fingerprint density at radius 2 is 2.19 bits per heavy atom. The summed E-state index contributed by atoms with van der Waals surface area (Å²) in [5.41, 5.74) is 1.30. The standard InChI is InChI=1S/C15H15N3O3/c1-2-3-14-18-11(7-16)15(21-14)17-8-10-4-5-12-13(6-10)20-9-19-12/h4-6,17H,2-3,8-9H2,1H3. The fraction of sp³-hybridized carbons (Fsp3) is 0.333. The van der Waals surface area contributed by atoms with Crippen molar-refractivity contribution in [3.05, 3.63) is 35.3 Å². The van der Waals surface area contributed by atoms with Gasteiger partial charge >= 0.3 is 0 Å². The van der Waals surface area contributed by atoms with Crippen LogP contribution >= 0.6 is 0 Å². The van der Waals surface area contributed by atoms with Crippen LogP contribution in [0.25, 0.3) is 0 Å². The van der Waals surface area contributed by atoms with Crippen molar-refractivity contribution in [2.45, 2.75) is 26.3 Å². The number of nitrogens with zero attached hydrogens (tertiary/aromatic N) is 2. The third kappa shape index (κ3) is 2.77. The quantitative estimate of drug-likeness (QED) is 0.909. The number of nitrogens with one attached hydrogen (secondary N) is 1. The zero-order chi connectivity index (χ0) is 14.7. The van der Waals surface area contributed by atoms with Crippen molar-refractivity contribution in [1.29, 1.82) is 5.26 Å². The van der Waals surface area contributed by atoms with Gasteiger partial charge in [-0.3, -0.25) is 0 Å². The Balaban J connectivity index is 1.71. The summed E-state index contributed by atoms with van der Waals surface area (Å²) in [6.07, 6.45) is 1.65. The summed E-state index contributed by atoms with van der Waals surface area (Å²) in [6, 6.07) is 7.76. The molecule has 2 heterocycles. The van der Waals surface area contributed by atoms with Crippen molar-refractivity contribution in [2.75, 3.05) is 12.1 Å². The summed E-state index contributed by atoms with van der Waals surface area (Å²) in [5, 5.41) is 12.2. The molecular formula is C15H15N3O3. The van der Waals surface area contributed by atoms with Gasteiger partial charge in [0.05, 0.1) is 0 Å². The topological polar surface area (TPSA) is 80.3 Å². The van der Waals surface area contributed by atoms with Crippen LogP contribution in [0.1, 0.15) is 30.5 Å². The molecule has 0 unspecified atom stereocenters. The number of aryl methyl sites for hydroxylation is 1. The van der Waals surface area contributed by atoms with E-state index in [9.17, 15) is 0 Å². The van der Waals surface area contributed by atoms with E-state index in [0.717, 1.165) is 29.9 Å². The van der Waals surface area contributed by atoms with E-state index in [0.29, 0.717) is 24.0 Å². The molecule has 108 valence electrons. The van der Waals surface area contributed by atoms with Crippen LogP contribution in [0.2, 0.25) is 0 Å². The number of rotatable bonds is 5. The summed E-state index contributed by atoms with van der Waals surface area (Å²) >= 11 is 0. The number of anilines is 1. The van der Waals surface area contributed by atoms with Crippen LogP contribution < -0.4 is 14.8 Å². The second kappa shape index (κ2) is 5.75. The molecule has 1 N–H and O–H groups in total. The van der Waals surface area contributed by atoms with Crippen LogP contribution in [0.5, 0.6) is 11.5 Å². The minimum atomic E-state index is 0.257. The zero-order valence-electron chi connectivity index (χ0n) is 11.7. The maximum absolute atomic E-state index is 9.07. The van der Waals surface area contributed by atoms with Crippen LogP contribution in [0.3, 0.4) is 0 Å². The number of hydrogen-bond acceptors (Lipinski definition) is 6. The number of oxazole rings is 1. The minimum Gasteiger partial charge on any atom is -0.454 e. The van der Waals surface area contributed by atoms with E-state index in [1.54, 1.807) is 0 Å². The number of benzene rings is 1. The van der Waals surface area contributed by atoms with Gasteiger partial charge in [0.25, 0.3) is 0 Å². The fourth-order valence-corrected chi connectivity index (χ4v) is 2.11. The molecule has 0 saturated heterocycles. The lowest BCUT2D eigenvalue weighted by molar-refractivity contribution is 0.174. The smallest absolute Gasteiger partial charge is 0.232 e. The van der Waals surface area contributed by atoms with Crippen molar-refractivity contribution in [3.8, 4) is 17.6 Å². The highest BCUT2D eigenvalue weighted by Crippen LogP contribution is 2.32. The van der Waals surface area contributed by atoms with Crippen molar-refractivity contribution >= 4 is 5.88 Å². The lowest BCUT2D eigenvalue weighted by Gasteiger charge is -2.04. The largest absolute Gasteiger partial charge is 0.454 e. The number of ether oxygens (including phenoxy) is 2. The molecule has 1 aliphatic rings. The van der Waals surface area contributed by atoms with Gasteiger partial charge < -0.3 is 19.2 Å². The molecule has 0 saturated carbocycles. The van der Waals surface area contributed by atoms with Crippen LogP contribution in [0.15, 0.2) is 22.6 Å². The van der Waals surface area contributed by atoms with Crippen LogP contribution in [0, 0.1) is 11.3 Å². The maximum atomic E-state index is 9.07. The SMILES string of the molecule is CCCc1nc(C#N)c(NCc2ccc3c(c2)OCO3)o1. The summed E-state index contributed by atoms with van der Waals surface area (Å²) in [6.45, 7) is 2.81. The molecule has 0 spiro atoms. The molecule has 0 atom stereocenters. The third-order valence-corrected chi connectivity index (χ3v) is 3.13. The molecule has 21 heavy (non-hydrogen) atoms. The van der Waals surface area contributed by atoms with Crippen molar-refractivity contribution in [2.24, 2.45) is 0 Å². The lowest BCUT2D eigenvalue weighted by Crippen LogP contribution is -1.99. The molecule has 6 heteroatoms. The summed E-state index contributed by atoms with van der Waals surface area (Å²) in [7, 11) is 0. The predicted octanol–water partition coefficient (Wildman–Crippen LogP) is 2.84. The molecule has 0 amide bonds. The molecule has 3 rings (SSSR count). The van der Waals surface area contributed by atoms with Gasteiger partial charge in [-0.25, -0.2) is 4.98 Å². The molecular weight excluding hydrogens is 270 g/mol. The first-order valence-corrected chi connectivity index (χ1v) is 6.82. The lowest BCUT2D eigenvalue weighted by atomic mass is 10.2. The van der Waals surface area contributed by atoms with Crippen LogP contribution in [0.4, 0.5) is 5.88 Å². The van der Waals surface area contributed by atoms with Gasteiger partial charge in [0.15, 0.2) is 17.4 Å². The molecule has 0 radical (unpaired) electrons. The Hall–Kier alpha value is -2.68. The molecule has 0 bridgehead atoms. The second-order valence-electron chi connectivity index (χ2n) is 4.69. The monoisotopic (exact) mass is 285 g/mol. The molecule has 0 fully saturated rings. The summed E-state index contributed by atoms with van der Waals surface area (Å²) in [4.78, 5) is 4.15. The van der Waals surface area contributed by atoms with Gasteiger partial charge in [0.1, 0.15) is 6.07 Å². The van der Waals surface area contributed by atoms with E-state index < -0.39 is 0 Å². The van der Waals surface area contributed by atoms with Crippen molar-refractivity contribution < 1.29 is 13.9 Å². The average molecular weight is 285 g/mol. The third-order valence-electron chi connectivity index (χ3n) is 3.13. The van der Waals surface area contributed by atoms with Crippen molar-refractivity contribution in [1.82, 2.24) is 4.98 Å². The first kappa shape index (κ1) is 13.3. The number of hydrogen-bond donors (Lipinski definition) is 1. The van der Waals surface area contributed by atoms with E-state index in [4.69, 9.17) is 19.2 Å². The van der Waals surface area contributed by atoms with Gasteiger partial charge in [0.2, 0.25) is 18.4 Å². The van der Waals surface area contributed by atoms with E-state index in [1.807, 2.05) is 31.2 Å².